The topological polar surface area (TPSA) is 64.6 Å². The van der Waals surface area contributed by atoms with Gasteiger partial charge in [-0.25, -0.2) is 0 Å². The van der Waals surface area contributed by atoms with Gasteiger partial charge in [0.05, 0.1) is 79.3 Å². The first-order valence-corrected chi connectivity index (χ1v) is 9.01. The maximum absolute atomic E-state index is 5.79. The molecule has 0 aliphatic carbocycles. The molecular formula is C18H38O7. The summed E-state index contributed by atoms with van der Waals surface area (Å²) in [5.74, 6) is 0. The summed E-state index contributed by atoms with van der Waals surface area (Å²) in [5, 5.41) is 0. The number of rotatable bonds is 5. The molecule has 1 aliphatic rings. The molecule has 0 saturated carbocycles. The van der Waals surface area contributed by atoms with Crippen LogP contribution in [0.4, 0.5) is 0 Å². The van der Waals surface area contributed by atoms with E-state index in [0.717, 1.165) is 19.4 Å². The zero-order valence-corrected chi connectivity index (χ0v) is 15.0. The molecule has 25 heavy (non-hydrogen) atoms. The Morgan fingerprint density at radius 3 is 1.72 bits per heavy atom. The summed E-state index contributed by atoms with van der Waals surface area (Å²) in [6.45, 7) is 9.46. The van der Waals surface area contributed by atoms with Crippen LogP contribution in [0.2, 0.25) is 0 Å². The van der Waals surface area contributed by atoms with Crippen LogP contribution in [0.15, 0.2) is 0 Å². The second kappa shape index (κ2) is 20.0. The van der Waals surface area contributed by atoms with Crippen LogP contribution in [-0.4, -0.2) is 92.0 Å². The maximum atomic E-state index is 5.79. The molecule has 0 amide bonds. The lowest BCUT2D eigenvalue weighted by Crippen LogP contribution is -2.28. The van der Waals surface area contributed by atoms with Crippen molar-refractivity contribution in [2.75, 3.05) is 85.9 Å². The Hall–Kier alpha value is -0.280. The van der Waals surface area contributed by atoms with Crippen LogP contribution in [0.1, 0.15) is 27.2 Å². The van der Waals surface area contributed by atoms with Crippen LogP contribution in [-0.2, 0) is 33.2 Å². The summed E-state index contributed by atoms with van der Waals surface area (Å²) in [6, 6.07) is 0. The first kappa shape index (κ1) is 24.7. The molecule has 1 atom stereocenters. The summed E-state index contributed by atoms with van der Waals surface area (Å²) in [7, 11) is 0. The molecule has 7 nitrogen and oxygen atoms in total. The lowest BCUT2D eigenvalue weighted by Gasteiger charge is -2.18. The van der Waals surface area contributed by atoms with Gasteiger partial charge in [0.2, 0.25) is 0 Å². The number of ether oxygens (including phenoxy) is 7. The van der Waals surface area contributed by atoms with E-state index in [2.05, 4.69) is 6.92 Å². The molecule has 0 spiro atoms. The smallest absolute Gasteiger partial charge is 0.104 e. The molecule has 152 valence electrons. The van der Waals surface area contributed by atoms with Crippen molar-refractivity contribution in [1.29, 1.82) is 0 Å². The van der Waals surface area contributed by atoms with E-state index in [9.17, 15) is 0 Å². The van der Waals surface area contributed by atoms with Crippen LogP contribution in [0, 0.1) is 0 Å². The van der Waals surface area contributed by atoms with Crippen molar-refractivity contribution in [1.82, 2.24) is 0 Å². The first-order chi connectivity index (χ1) is 11.9. The molecule has 0 aromatic heterocycles. The van der Waals surface area contributed by atoms with Crippen LogP contribution in [0.5, 0.6) is 0 Å². The molecule has 1 unspecified atom stereocenters. The van der Waals surface area contributed by atoms with Crippen molar-refractivity contribution in [2.45, 2.75) is 33.3 Å². The highest BCUT2D eigenvalue weighted by Crippen LogP contribution is 1.98. The van der Waals surface area contributed by atoms with Gasteiger partial charge in [-0.2, -0.15) is 0 Å². The van der Waals surface area contributed by atoms with Crippen LogP contribution >= 0.6 is 0 Å². The Balaban J connectivity index is 0.00000576. The van der Waals surface area contributed by atoms with Crippen LogP contribution < -0.4 is 0 Å². The predicted octanol–water partition coefficient (Wildman–Crippen LogP) is 1.92. The van der Waals surface area contributed by atoms with E-state index in [0.29, 0.717) is 79.3 Å². The van der Waals surface area contributed by atoms with Crippen molar-refractivity contribution < 1.29 is 33.2 Å². The van der Waals surface area contributed by atoms with E-state index in [1.54, 1.807) is 0 Å². The minimum Gasteiger partial charge on any atom is -0.379 e. The third-order valence-electron chi connectivity index (χ3n) is 3.32. The van der Waals surface area contributed by atoms with Gasteiger partial charge >= 0.3 is 0 Å². The largest absolute Gasteiger partial charge is 0.379 e. The predicted molar refractivity (Wildman–Crippen MR) is 96.3 cm³/mol. The van der Waals surface area contributed by atoms with Crippen LogP contribution in [0.3, 0.4) is 0 Å². The molecule has 0 radical (unpaired) electrons. The normalized spacial score (nSPS) is 23.2. The van der Waals surface area contributed by atoms with Crippen molar-refractivity contribution in [3.63, 3.8) is 0 Å². The van der Waals surface area contributed by atoms with Gasteiger partial charge in [-0.15, -0.1) is 0 Å². The third kappa shape index (κ3) is 16.9. The Bertz CT molecular complexity index is 236. The lowest BCUT2D eigenvalue weighted by molar-refractivity contribution is -0.0846. The van der Waals surface area contributed by atoms with Crippen molar-refractivity contribution in [2.24, 2.45) is 0 Å². The quantitative estimate of drug-likeness (QED) is 0.689. The molecule has 0 aromatic carbocycles. The van der Waals surface area contributed by atoms with Gasteiger partial charge in [-0.05, 0) is 6.42 Å². The number of hydrogen-bond donors (Lipinski definition) is 0. The third-order valence-corrected chi connectivity index (χ3v) is 3.32. The molecule has 1 saturated heterocycles. The highest BCUT2D eigenvalue weighted by Gasteiger charge is 2.10. The molecular weight excluding hydrogens is 328 g/mol. The fourth-order valence-corrected chi connectivity index (χ4v) is 1.97. The zero-order chi connectivity index (χ0) is 17.1. The van der Waals surface area contributed by atoms with E-state index < -0.39 is 0 Å². The Morgan fingerprint density at radius 2 is 1.20 bits per heavy atom. The van der Waals surface area contributed by atoms with E-state index in [-0.39, 0.29) is 13.5 Å². The Kier molecular flexibility index (Phi) is 19.8. The van der Waals surface area contributed by atoms with Crippen LogP contribution in [0.25, 0.3) is 0 Å². The fourth-order valence-electron chi connectivity index (χ4n) is 1.97. The molecule has 0 N–H and O–H groups in total. The van der Waals surface area contributed by atoms with Crippen molar-refractivity contribution in [3.05, 3.63) is 0 Å². The van der Waals surface area contributed by atoms with Gasteiger partial charge in [0.15, 0.2) is 0 Å². The zero-order valence-electron chi connectivity index (χ0n) is 15.0. The molecule has 0 aromatic rings. The van der Waals surface area contributed by atoms with Gasteiger partial charge in [-0.3, -0.25) is 0 Å². The standard InChI is InChI=1S/C17H34O7.CH4/c1-2-3-4-22-15-17-16-23-12-11-20-8-7-18-5-6-19-9-10-21-13-14-24-17;/h17H,2-16H2,1H3;1H4. The van der Waals surface area contributed by atoms with Crippen molar-refractivity contribution >= 4 is 0 Å². The average molecular weight is 366 g/mol. The Morgan fingerprint density at radius 1 is 0.720 bits per heavy atom. The lowest BCUT2D eigenvalue weighted by atomic mass is 10.3. The number of hydrogen-bond acceptors (Lipinski definition) is 7. The van der Waals surface area contributed by atoms with Gasteiger partial charge in [0.1, 0.15) is 6.10 Å². The maximum Gasteiger partial charge on any atom is 0.104 e. The second-order valence-electron chi connectivity index (χ2n) is 5.45. The minimum absolute atomic E-state index is 0. The molecule has 0 bridgehead atoms. The Labute approximate surface area is 153 Å². The van der Waals surface area contributed by atoms with Gasteiger partial charge in [0.25, 0.3) is 0 Å². The second-order valence-corrected chi connectivity index (χ2v) is 5.45. The monoisotopic (exact) mass is 366 g/mol. The summed E-state index contributed by atoms with van der Waals surface area (Å²) in [5.41, 5.74) is 0. The fraction of sp³-hybridized carbons (Fsp3) is 1.00. The molecule has 1 fully saturated rings. The van der Waals surface area contributed by atoms with Gasteiger partial charge in [-0.1, -0.05) is 20.8 Å². The van der Waals surface area contributed by atoms with Gasteiger partial charge < -0.3 is 33.2 Å². The minimum atomic E-state index is -0.0797. The highest BCUT2D eigenvalue weighted by atomic mass is 16.6. The van der Waals surface area contributed by atoms with Crippen molar-refractivity contribution in [3.8, 4) is 0 Å². The molecule has 1 aliphatic heterocycles. The number of unbranched alkanes of at least 4 members (excludes halogenated alkanes) is 1. The summed E-state index contributed by atoms with van der Waals surface area (Å²) < 4.78 is 38.8. The average Bonchev–Trinajstić information content (AvgIpc) is 2.59. The molecule has 1 rings (SSSR count). The van der Waals surface area contributed by atoms with E-state index in [1.165, 1.54) is 0 Å². The van der Waals surface area contributed by atoms with E-state index in [1.807, 2.05) is 0 Å². The van der Waals surface area contributed by atoms with E-state index in [4.69, 9.17) is 33.2 Å². The summed E-state index contributed by atoms with van der Waals surface area (Å²) in [4.78, 5) is 0. The van der Waals surface area contributed by atoms with E-state index >= 15 is 0 Å². The summed E-state index contributed by atoms with van der Waals surface area (Å²) in [6.07, 6.45) is 2.11. The van der Waals surface area contributed by atoms with Gasteiger partial charge in [0, 0.05) is 6.61 Å². The summed E-state index contributed by atoms with van der Waals surface area (Å²) >= 11 is 0. The first-order valence-electron chi connectivity index (χ1n) is 9.01. The highest BCUT2D eigenvalue weighted by molar-refractivity contribution is 4.56. The SMILES string of the molecule is C.CCCCOCC1COCCOCCOCCOCCOCCO1. The molecule has 7 heteroatoms. The molecule has 1 heterocycles.